The highest BCUT2D eigenvalue weighted by atomic mass is 16.4. The molecule has 0 spiro atoms. The summed E-state index contributed by atoms with van der Waals surface area (Å²) >= 11 is 0. The lowest BCUT2D eigenvalue weighted by Gasteiger charge is -2.26. The van der Waals surface area contributed by atoms with Crippen LogP contribution in [0.1, 0.15) is 19.8 Å². The van der Waals surface area contributed by atoms with Gasteiger partial charge in [0.2, 0.25) is 0 Å². The van der Waals surface area contributed by atoms with Crippen LogP contribution in [0, 0.1) is 0 Å². The topological polar surface area (TPSA) is 110 Å². The summed E-state index contributed by atoms with van der Waals surface area (Å²) in [6.45, 7) is 1.65. The van der Waals surface area contributed by atoms with E-state index in [9.17, 15) is 14.7 Å². The zero-order chi connectivity index (χ0) is 13.0. The van der Waals surface area contributed by atoms with Gasteiger partial charge in [0, 0.05) is 6.54 Å². The lowest BCUT2D eigenvalue weighted by Crippen LogP contribution is -2.53. The lowest BCUT2D eigenvalue weighted by molar-refractivity contribution is -0.141. The second-order valence-electron chi connectivity index (χ2n) is 4.18. The molecule has 0 aromatic heterocycles. The number of hydrogen-bond acceptors (Lipinski definition) is 4. The van der Waals surface area contributed by atoms with E-state index in [1.807, 2.05) is 0 Å². The summed E-state index contributed by atoms with van der Waals surface area (Å²) in [4.78, 5) is 24.0. The van der Waals surface area contributed by atoms with Crippen LogP contribution in [-0.4, -0.2) is 63.6 Å². The minimum absolute atomic E-state index is 0.139. The number of hydrogen-bond donors (Lipinski definition) is 4. The number of nitrogens with one attached hydrogen (secondary N) is 1. The first-order valence-corrected chi connectivity index (χ1v) is 5.56. The summed E-state index contributed by atoms with van der Waals surface area (Å²) in [7, 11) is 0. The maximum atomic E-state index is 11.8. The number of carbonyl (C=O) groups is 2. The molecule has 1 aliphatic rings. The van der Waals surface area contributed by atoms with Crippen LogP contribution in [0.2, 0.25) is 0 Å². The summed E-state index contributed by atoms with van der Waals surface area (Å²) in [6.07, 6.45) is 0.313. The standard InChI is InChI=1S/C10H18N2O5/c1-6(14)8(9(15)16)11-10(17)12-4-2-3-7(12)5-13/h6-8,13-14H,2-5H2,1H3,(H,11,17)(H,15,16)/t6-,7?,8+/m1/s1. The van der Waals surface area contributed by atoms with Crippen molar-refractivity contribution >= 4 is 12.0 Å². The van der Waals surface area contributed by atoms with Gasteiger partial charge in [-0.15, -0.1) is 0 Å². The van der Waals surface area contributed by atoms with Crippen molar-refractivity contribution in [1.82, 2.24) is 10.2 Å². The Kier molecular flexibility index (Phi) is 4.71. The second-order valence-corrected chi connectivity index (χ2v) is 4.18. The van der Waals surface area contributed by atoms with Crippen molar-refractivity contribution < 1.29 is 24.9 Å². The normalized spacial score (nSPS) is 23.2. The lowest BCUT2D eigenvalue weighted by atomic mass is 10.2. The molecule has 1 unspecified atom stereocenters. The van der Waals surface area contributed by atoms with Crippen LogP contribution in [0.3, 0.4) is 0 Å². The molecule has 3 atom stereocenters. The van der Waals surface area contributed by atoms with E-state index in [0.29, 0.717) is 13.0 Å². The smallest absolute Gasteiger partial charge is 0.328 e. The number of nitrogens with zero attached hydrogens (tertiary/aromatic N) is 1. The van der Waals surface area contributed by atoms with Crippen LogP contribution in [0.25, 0.3) is 0 Å². The molecule has 0 saturated carbocycles. The number of rotatable bonds is 4. The van der Waals surface area contributed by atoms with Gasteiger partial charge in [0.1, 0.15) is 0 Å². The second kappa shape index (κ2) is 5.83. The molecule has 1 rings (SSSR count). The average molecular weight is 246 g/mol. The molecule has 1 saturated heterocycles. The van der Waals surface area contributed by atoms with Gasteiger partial charge in [0.05, 0.1) is 18.8 Å². The zero-order valence-corrected chi connectivity index (χ0v) is 9.67. The van der Waals surface area contributed by atoms with Crippen LogP contribution in [0.15, 0.2) is 0 Å². The number of urea groups is 1. The largest absolute Gasteiger partial charge is 0.480 e. The summed E-state index contributed by atoms with van der Waals surface area (Å²) in [5.41, 5.74) is 0. The number of carbonyl (C=O) groups excluding carboxylic acids is 1. The molecule has 4 N–H and O–H groups in total. The molecule has 0 aromatic carbocycles. The van der Waals surface area contributed by atoms with Gasteiger partial charge in [-0.25, -0.2) is 9.59 Å². The maximum absolute atomic E-state index is 11.8. The molecule has 1 heterocycles. The van der Waals surface area contributed by atoms with Crippen LogP contribution in [0.4, 0.5) is 4.79 Å². The van der Waals surface area contributed by atoms with Gasteiger partial charge in [-0.05, 0) is 19.8 Å². The molecule has 0 bridgehead atoms. The number of amides is 2. The van der Waals surface area contributed by atoms with E-state index in [1.54, 1.807) is 0 Å². The van der Waals surface area contributed by atoms with Crippen molar-refractivity contribution in [2.75, 3.05) is 13.2 Å². The minimum Gasteiger partial charge on any atom is -0.480 e. The van der Waals surface area contributed by atoms with E-state index >= 15 is 0 Å². The third-order valence-electron chi connectivity index (χ3n) is 2.88. The number of aliphatic hydroxyl groups excluding tert-OH is 2. The predicted molar refractivity (Wildman–Crippen MR) is 58.5 cm³/mol. The van der Waals surface area contributed by atoms with Crippen LogP contribution in [0.5, 0.6) is 0 Å². The van der Waals surface area contributed by atoms with Crippen LogP contribution < -0.4 is 5.32 Å². The first-order valence-electron chi connectivity index (χ1n) is 5.56. The van der Waals surface area contributed by atoms with Crippen molar-refractivity contribution in [3.8, 4) is 0 Å². The summed E-state index contributed by atoms with van der Waals surface area (Å²) < 4.78 is 0. The van der Waals surface area contributed by atoms with Crippen molar-refractivity contribution in [3.63, 3.8) is 0 Å². The molecule has 0 aromatic rings. The zero-order valence-electron chi connectivity index (χ0n) is 9.67. The van der Waals surface area contributed by atoms with E-state index in [0.717, 1.165) is 6.42 Å². The van der Waals surface area contributed by atoms with E-state index in [-0.39, 0.29) is 12.6 Å². The minimum atomic E-state index is -1.33. The predicted octanol–water partition coefficient (Wildman–Crippen LogP) is -1.01. The maximum Gasteiger partial charge on any atom is 0.328 e. The highest BCUT2D eigenvalue weighted by Gasteiger charge is 2.32. The van der Waals surface area contributed by atoms with Crippen LogP contribution >= 0.6 is 0 Å². The Bertz CT molecular complexity index is 294. The fraction of sp³-hybridized carbons (Fsp3) is 0.800. The van der Waals surface area contributed by atoms with Gasteiger partial charge >= 0.3 is 12.0 Å². The quantitative estimate of drug-likeness (QED) is 0.508. The molecule has 0 aliphatic carbocycles. The highest BCUT2D eigenvalue weighted by Crippen LogP contribution is 2.16. The van der Waals surface area contributed by atoms with E-state index in [4.69, 9.17) is 10.2 Å². The first kappa shape index (κ1) is 13.7. The summed E-state index contributed by atoms with van der Waals surface area (Å²) in [5.74, 6) is -1.28. The van der Waals surface area contributed by atoms with E-state index < -0.39 is 24.1 Å². The molecule has 1 aliphatic heterocycles. The van der Waals surface area contributed by atoms with Crippen molar-refractivity contribution in [1.29, 1.82) is 0 Å². The Morgan fingerprint density at radius 2 is 2.18 bits per heavy atom. The Balaban J connectivity index is 2.61. The monoisotopic (exact) mass is 246 g/mol. The highest BCUT2D eigenvalue weighted by molar-refractivity contribution is 5.83. The molecule has 17 heavy (non-hydrogen) atoms. The molecule has 2 amide bonds. The van der Waals surface area contributed by atoms with Crippen molar-refractivity contribution in [2.24, 2.45) is 0 Å². The third kappa shape index (κ3) is 3.31. The van der Waals surface area contributed by atoms with Gasteiger partial charge < -0.3 is 25.5 Å². The first-order chi connectivity index (χ1) is 7.97. The molecule has 7 nitrogen and oxygen atoms in total. The van der Waals surface area contributed by atoms with Gasteiger partial charge in [-0.3, -0.25) is 0 Å². The molecule has 1 fully saturated rings. The Labute approximate surface area is 99.0 Å². The Morgan fingerprint density at radius 3 is 2.65 bits per heavy atom. The van der Waals surface area contributed by atoms with Crippen LogP contribution in [-0.2, 0) is 4.79 Å². The van der Waals surface area contributed by atoms with E-state index in [2.05, 4.69) is 5.32 Å². The van der Waals surface area contributed by atoms with Gasteiger partial charge in [-0.2, -0.15) is 0 Å². The van der Waals surface area contributed by atoms with Gasteiger partial charge in [-0.1, -0.05) is 0 Å². The third-order valence-corrected chi connectivity index (χ3v) is 2.88. The summed E-state index contributed by atoms with van der Waals surface area (Å²) in [6, 6.07) is -2.16. The number of carboxylic acid groups (broad SMARTS) is 1. The Hall–Kier alpha value is -1.34. The summed E-state index contributed by atoms with van der Waals surface area (Å²) in [5, 5.41) is 29.3. The van der Waals surface area contributed by atoms with Gasteiger partial charge in [0.25, 0.3) is 0 Å². The van der Waals surface area contributed by atoms with Crippen molar-refractivity contribution in [2.45, 2.75) is 38.0 Å². The van der Waals surface area contributed by atoms with E-state index in [1.165, 1.54) is 11.8 Å². The fourth-order valence-electron chi connectivity index (χ4n) is 1.90. The molecule has 7 heteroatoms. The number of carboxylic acids is 1. The van der Waals surface area contributed by atoms with Gasteiger partial charge in [0.15, 0.2) is 6.04 Å². The fourth-order valence-corrected chi connectivity index (χ4v) is 1.90. The Morgan fingerprint density at radius 1 is 1.53 bits per heavy atom. The molecular formula is C10H18N2O5. The molecule has 0 radical (unpaired) electrons. The van der Waals surface area contributed by atoms with Crippen molar-refractivity contribution in [3.05, 3.63) is 0 Å². The number of aliphatic carboxylic acids is 1. The average Bonchev–Trinajstić information content (AvgIpc) is 2.72. The SMILES string of the molecule is C[C@@H](O)[C@H](NC(=O)N1CCCC1CO)C(=O)O. The number of likely N-dealkylation sites (tertiary alicyclic amines) is 1. The number of aliphatic hydroxyl groups is 2. The molecule has 98 valence electrons. The molecular weight excluding hydrogens is 228 g/mol.